The van der Waals surface area contributed by atoms with Crippen molar-refractivity contribution < 1.29 is 24.7 Å². The van der Waals surface area contributed by atoms with E-state index in [9.17, 15) is 19.5 Å². The highest BCUT2D eigenvalue weighted by Gasteiger charge is 2.25. The Labute approximate surface area is 209 Å². The molecule has 0 radical (unpaired) electrons. The zero-order chi connectivity index (χ0) is 25.9. The SMILES string of the molecule is CC(O)C(NC(=O)c1ccc(C#Cc2ccc(NC(=O)CNC3CCNCC3)cc2)cc1)C(=O)NO. The molecule has 2 unspecified atom stereocenters. The summed E-state index contributed by atoms with van der Waals surface area (Å²) in [6.07, 6.45) is 0.842. The molecule has 2 aromatic carbocycles. The van der Waals surface area contributed by atoms with Gasteiger partial charge in [-0.15, -0.1) is 0 Å². The Morgan fingerprint density at radius 1 is 1.00 bits per heavy atom. The van der Waals surface area contributed by atoms with E-state index >= 15 is 0 Å². The van der Waals surface area contributed by atoms with E-state index in [-0.39, 0.29) is 18.0 Å². The monoisotopic (exact) mass is 493 g/mol. The van der Waals surface area contributed by atoms with Crippen LogP contribution in [0.2, 0.25) is 0 Å². The molecule has 2 atom stereocenters. The Morgan fingerprint density at radius 2 is 1.58 bits per heavy atom. The number of amides is 3. The third-order valence-corrected chi connectivity index (χ3v) is 5.72. The molecule has 7 N–H and O–H groups in total. The molecule has 0 bridgehead atoms. The van der Waals surface area contributed by atoms with Gasteiger partial charge in [-0.25, -0.2) is 5.48 Å². The summed E-state index contributed by atoms with van der Waals surface area (Å²) >= 11 is 0. The van der Waals surface area contributed by atoms with Gasteiger partial charge in [-0.3, -0.25) is 19.6 Å². The van der Waals surface area contributed by atoms with Gasteiger partial charge in [-0.1, -0.05) is 11.8 Å². The molecule has 10 heteroatoms. The van der Waals surface area contributed by atoms with Crippen LogP contribution in [0.25, 0.3) is 0 Å². The fraction of sp³-hybridized carbons (Fsp3) is 0.346. The first-order valence-electron chi connectivity index (χ1n) is 11.7. The molecule has 1 saturated heterocycles. The van der Waals surface area contributed by atoms with Gasteiger partial charge < -0.3 is 26.4 Å². The molecule has 0 spiro atoms. The van der Waals surface area contributed by atoms with Crippen molar-refractivity contribution in [2.45, 2.75) is 38.0 Å². The van der Waals surface area contributed by atoms with E-state index in [0.717, 1.165) is 31.5 Å². The van der Waals surface area contributed by atoms with Gasteiger partial charge in [0.2, 0.25) is 5.91 Å². The molecule has 3 amide bonds. The molecule has 1 fully saturated rings. The predicted molar refractivity (Wildman–Crippen MR) is 134 cm³/mol. The lowest BCUT2D eigenvalue weighted by atomic mass is 10.1. The molecule has 10 nitrogen and oxygen atoms in total. The standard InChI is InChI=1S/C26H31N5O5/c1-17(32)24(26(35)31-36)30-25(34)20-8-4-18(5-9-20)2-3-19-6-10-22(11-7-19)29-23(33)16-28-21-12-14-27-15-13-21/h4-11,17,21,24,27-28,32,36H,12-16H2,1H3,(H,29,33)(H,30,34)(H,31,35). The fourth-order valence-corrected chi connectivity index (χ4v) is 3.65. The Morgan fingerprint density at radius 3 is 2.14 bits per heavy atom. The summed E-state index contributed by atoms with van der Waals surface area (Å²) in [7, 11) is 0. The Bertz CT molecular complexity index is 1100. The molecule has 1 aliphatic heterocycles. The summed E-state index contributed by atoms with van der Waals surface area (Å²) in [6.45, 7) is 3.54. The van der Waals surface area contributed by atoms with Crippen molar-refractivity contribution in [2.24, 2.45) is 0 Å². The van der Waals surface area contributed by atoms with Gasteiger partial charge in [-0.05, 0) is 81.4 Å². The number of carbonyl (C=O) groups is 3. The van der Waals surface area contributed by atoms with Crippen molar-refractivity contribution in [3.63, 3.8) is 0 Å². The largest absolute Gasteiger partial charge is 0.391 e. The number of aliphatic hydroxyl groups is 1. The quantitative estimate of drug-likeness (QED) is 0.159. The van der Waals surface area contributed by atoms with Crippen LogP contribution in [-0.4, -0.2) is 65.9 Å². The number of anilines is 1. The molecule has 0 saturated carbocycles. The van der Waals surface area contributed by atoms with Crippen molar-refractivity contribution in [1.82, 2.24) is 21.4 Å². The number of hydroxylamine groups is 1. The molecule has 0 aromatic heterocycles. The zero-order valence-corrected chi connectivity index (χ0v) is 20.0. The van der Waals surface area contributed by atoms with E-state index in [2.05, 4.69) is 33.1 Å². The first kappa shape index (κ1) is 26.8. The lowest BCUT2D eigenvalue weighted by Crippen LogP contribution is -2.51. The van der Waals surface area contributed by atoms with Gasteiger partial charge in [-0.2, -0.15) is 0 Å². The Balaban J connectivity index is 1.51. The van der Waals surface area contributed by atoms with Gasteiger partial charge in [0.25, 0.3) is 11.8 Å². The molecule has 1 aliphatic rings. The molecule has 1 heterocycles. The van der Waals surface area contributed by atoms with Crippen LogP contribution in [0.5, 0.6) is 0 Å². The maximum absolute atomic E-state index is 12.3. The number of rotatable bonds is 8. The highest BCUT2D eigenvalue weighted by Crippen LogP contribution is 2.10. The van der Waals surface area contributed by atoms with E-state index < -0.39 is 24.0 Å². The summed E-state index contributed by atoms with van der Waals surface area (Å²) in [5.74, 6) is 4.46. The normalized spacial score (nSPS) is 15.1. The highest BCUT2D eigenvalue weighted by molar-refractivity contribution is 5.97. The second-order valence-corrected chi connectivity index (χ2v) is 8.53. The van der Waals surface area contributed by atoms with E-state index in [1.165, 1.54) is 12.4 Å². The first-order chi connectivity index (χ1) is 17.4. The van der Waals surface area contributed by atoms with Crippen molar-refractivity contribution in [1.29, 1.82) is 0 Å². The molecule has 36 heavy (non-hydrogen) atoms. The van der Waals surface area contributed by atoms with E-state index in [1.807, 2.05) is 12.1 Å². The lowest BCUT2D eigenvalue weighted by Gasteiger charge is -2.23. The fourth-order valence-electron chi connectivity index (χ4n) is 3.65. The minimum absolute atomic E-state index is 0.0896. The summed E-state index contributed by atoms with van der Waals surface area (Å²) in [5.41, 5.74) is 3.82. The third kappa shape index (κ3) is 8.18. The van der Waals surface area contributed by atoms with Gasteiger partial charge in [0, 0.05) is 28.4 Å². The van der Waals surface area contributed by atoms with Gasteiger partial charge in [0.15, 0.2) is 0 Å². The average Bonchev–Trinajstić information content (AvgIpc) is 2.90. The number of hydrogen-bond donors (Lipinski definition) is 7. The number of nitrogens with one attached hydrogen (secondary N) is 5. The van der Waals surface area contributed by atoms with Gasteiger partial charge in [0.05, 0.1) is 12.6 Å². The first-order valence-corrected chi connectivity index (χ1v) is 11.7. The van der Waals surface area contributed by atoms with Crippen LogP contribution < -0.4 is 26.7 Å². The van der Waals surface area contributed by atoms with E-state index in [1.54, 1.807) is 36.4 Å². The van der Waals surface area contributed by atoms with Gasteiger partial charge >= 0.3 is 0 Å². The van der Waals surface area contributed by atoms with Crippen molar-refractivity contribution in [3.05, 3.63) is 65.2 Å². The minimum atomic E-state index is -1.29. The minimum Gasteiger partial charge on any atom is -0.391 e. The Hall–Kier alpha value is -3.75. The third-order valence-electron chi connectivity index (χ3n) is 5.72. The van der Waals surface area contributed by atoms with Crippen molar-refractivity contribution in [2.75, 3.05) is 25.0 Å². The van der Waals surface area contributed by atoms with Crippen LogP contribution in [0.1, 0.15) is 41.3 Å². The van der Waals surface area contributed by atoms with E-state index in [0.29, 0.717) is 17.3 Å². The van der Waals surface area contributed by atoms with Crippen molar-refractivity contribution in [3.8, 4) is 11.8 Å². The Kier molecular flexibility index (Phi) is 9.97. The smallest absolute Gasteiger partial charge is 0.268 e. The number of aliphatic hydroxyl groups excluding tert-OH is 1. The van der Waals surface area contributed by atoms with Crippen LogP contribution >= 0.6 is 0 Å². The summed E-state index contributed by atoms with van der Waals surface area (Å²) in [5, 5.41) is 30.2. The van der Waals surface area contributed by atoms with Crippen LogP contribution in [0.3, 0.4) is 0 Å². The van der Waals surface area contributed by atoms with Crippen molar-refractivity contribution >= 4 is 23.4 Å². The molecule has 190 valence electrons. The topological polar surface area (TPSA) is 152 Å². The number of hydrogen-bond acceptors (Lipinski definition) is 7. The molecule has 3 rings (SSSR count). The van der Waals surface area contributed by atoms with Gasteiger partial charge in [0.1, 0.15) is 6.04 Å². The zero-order valence-electron chi connectivity index (χ0n) is 20.0. The molecule has 0 aliphatic carbocycles. The lowest BCUT2D eigenvalue weighted by molar-refractivity contribution is -0.133. The molecular weight excluding hydrogens is 462 g/mol. The molecular formula is C26H31N5O5. The summed E-state index contributed by atoms with van der Waals surface area (Å²) < 4.78 is 0. The highest BCUT2D eigenvalue weighted by atomic mass is 16.5. The van der Waals surface area contributed by atoms with Crippen LogP contribution in [0, 0.1) is 11.8 Å². The maximum atomic E-state index is 12.3. The number of carbonyl (C=O) groups excluding carboxylic acids is 3. The maximum Gasteiger partial charge on any atom is 0.268 e. The van der Waals surface area contributed by atoms with E-state index in [4.69, 9.17) is 5.21 Å². The summed E-state index contributed by atoms with van der Waals surface area (Å²) in [6, 6.07) is 12.7. The predicted octanol–water partition coefficient (Wildman–Crippen LogP) is 0.351. The number of piperidine rings is 1. The second-order valence-electron chi connectivity index (χ2n) is 8.53. The summed E-state index contributed by atoms with van der Waals surface area (Å²) in [4.78, 5) is 36.1. The molecule has 2 aromatic rings. The second kappa shape index (κ2) is 13.4. The van der Waals surface area contributed by atoms with Crippen LogP contribution in [-0.2, 0) is 9.59 Å². The van der Waals surface area contributed by atoms with Crippen LogP contribution in [0.15, 0.2) is 48.5 Å². The number of benzene rings is 2. The van der Waals surface area contributed by atoms with Crippen LogP contribution in [0.4, 0.5) is 5.69 Å². The average molecular weight is 494 g/mol.